The highest BCUT2D eigenvalue weighted by Gasteiger charge is 2.34. The smallest absolute Gasteiger partial charge is 0.246 e. The molecule has 3 rings (SSSR count). The molecule has 1 saturated heterocycles. The molecule has 0 N–H and O–H groups in total. The first-order valence-corrected chi connectivity index (χ1v) is 7.96. The number of rotatable bonds is 5. The largest absolute Gasteiger partial charge is 0.492 e. The molecule has 126 valence electrons. The number of ether oxygens (including phenoxy) is 2. The standard InChI is InChI=1S/C17H20N4O3/c1-12-16(17-19-13(2)20-24-17)21(6-8-22-12)7-9-23-15-5-3-4-14(10-15)11-18/h3-5,10,12,16H,6-9H2,1-2H3/t12-,16+/m1/s1. The van der Waals surface area contributed by atoms with Crippen LogP contribution in [0, 0.1) is 18.3 Å². The Bertz CT molecular complexity index is 725. The molecule has 24 heavy (non-hydrogen) atoms. The van der Waals surface area contributed by atoms with E-state index in [-0.39, 0.29) is 12.1 Å². The Morgan fingerprint density at radius 3 is 3.08 bits per heavy atom. The molecular weight excluding hydrogens is 308 g/mol. The van der Waals surface area contributed by atoms with Crippen LogP contribution in [-0.2, 0) is 4.74 Å². The third-order valence-electron chi connectivity index (χ3n) is 4.00. The molecule has 0 radical (unpaired) electrons. The van der Waals surface area contributed by atoms with Crippen molar-refractivity contribution >= 4 is 0 Å². The van der Waals surface area contributed by atoms with Gasteiger partial charge in [0, 0.05) is 13.1 Å². The van der Waals surface area contributed by atoms with Gasteiger partial charge in [-0.15, -0.1) is 0 Å². The summed E-state index contributed by atoms with van der Waals surface area (Å²) in [5.41, 5.74) is 0.590. The lowest BCUT2D eigenvalue weighted by Gasteiger charge is -2.37. The van der Waals surface area contributed by atoms with Crippen molar-refractivity contribution in [2.75, 3.05) is 26.3 Å². The van der Waals surface area contributed by atoms with E-state index in [1.165, 1.54) is 0 Å². The van der Waals surface area contributed by atoms with Crippen molar-refractivity contribution in [2.45, 2.75) is 26.0 Å². The summed E-state index contributed by atoms with van der Waals surface area (Å²) >= 11 is 0. The minimum absolute atomic E-state index is 0.0273. The van der Waals surface area contributed by atoms with Crippen LogP contribution in [0.5, 0.6) is 5.75 Å². The Kier molecular flexibility index (Phi) is 5.08. The second-order valence-electron chi connectivity index (χ2n) is 5.72. The second-order valence-corrected chi connectivity index (χ2v) is 5.72. The minimum Gasteiger partial charge on any atom is -0.492 e. The number of nitriles is 1. The first-order chi connectivity index (χ1) is 11.7. The number of aryl methyl sites for hydroxylation is 1. The zero-order valence-corrected chi connectivity index (χ0v) is 13.8. The Labute approximate surface area is 140 Å². The molecule has 1 aliphatic heterocycles. The lowest BCUT2D eigenvalue weighted by Crippen LogP contribution is -2.45. The van der Waals surface area contributed by atoms with E-state index in [9.17, 15) is 0 Å². The predicted octanol–water partition coefficient (Wildman–Crippen LogP) is 2.09. The first kappa shape index (κ1) is 16.4. The quantitative estimate of drug-likeness (QED) is 0.831. The van der Waals surface area contributed by atoms with Crippen molar-refractivity contribution in [1.29, 1.82) is 5.26 Å². The summed E-state index contributed by atoms with van der Waals surface area (Å²) in [5, 5.41) is 12.8. The molecule has 1 aromatic carbocycles. The van der Waals surface area contributed by atoms with E-state index in [2.05, 4.69) is 21.1 Å². The van der Waals surface area contributed by atoms with Crippen molar-refractivity contribution in [3.63, 3.8) is 0 Å². The van der Waals surface area contributed by atoms with Crippen LogP contribution in [0.1, 0.15) is 30.2 Å². The maximum absolute atomic E-state index is 8.93. The first-order valence-electron chi connectivity index (χ1n) is 7.96. The van der Waals surface area contributed by atoms with E-state index in [1.54, 1.807) is 19.1 Å². The topological polar surface area (TPSA) is 84.4 Å². The normalized spacial score (nSPS) is 21.4. The average Bonchev–Trinajstić information content (AvgIpc) is 3.01. The lowest BCUT2D eigenvalue weighted by molar-refractivity contribution is -0.0755. The Morgan fingerprint density at radius 1 is 1.46 bits per heavy atom. The SMILES string of the molecule is Cc1noc([C@@H]2[C@@H](C)OCCN2CCOc2cccc(C#N)c2)n1. The van der Waals surface area contributed by atoms with Crippen LogP contribution in [0.2, 0.25) is 0 Å². The molecule has 1 fully saturated rings. The monoisotopic (exact) mass is 328 g/mol. The van der Waals surface area contributed by atoms with Gasteiger partial charge in [0.25, 0.3) is 0 Å². The van der Waals surface area contributed by atoms with Gasteiger partial charge in [0.15, 0.2) is 5.82 Å². The van der Waals surface area contributed by atoms with Crippen molar-refractivity contribution in [1.82, 2.24) is 15.0 Å². The molecule has 7 heteroatoms. The van der Waals surface area contributed by atoms with Gasteiger partial charge < -0.3 is 14.0 Å². The van der Waals surface area contributed by atoms with Crippen LogP contribution >= 0.6 is 0 Å². The fraction of sp³-hybridized carbons (Fsp3) is 0.471. The molecule has 2 atom stereocenters. The molecule has 0 unspecified atom stereocenters. The highest BCUT2D eigenvalue weighted by molar-refractivity contribution is 5.36. The number of hydrogen-bond donors (Lipinski definition) is 0. The summed E-state index contributed by atoms with van der Waals surface area (Å²) in [4.78, 5) is 6.58. The summed E-state index contributed by atoms with van der Waals surface area (Å²) in [5.74, 6) is 1.89. The van der Waals surface area contributed by atoms with Crippen molar-refractivity contribution in [2.24, 2.45) is 0 Å². The van der Waals surface area contributed by atoms with Crippen LogP contribution in [-0.4, -0.2) is 47.4 Å². The number of benzene rings is 1. The van der Waals surface area contributed by atoms with Gasteiger partial charge in [-0.2, -0.15) is 10.2 Å². The fourth-order valence-electron chi connectivity index (χ4n) is 2.86. The van der Waals surface area contributed by atoms with Crippen LogP contribution in [0.4, 0.5) is 0 Å². The van der Waals surface area contributed by atoms with Crippen molar-refractivity contribution < 1.29 is 14.0 Å². The maximum Gasteiger partial charge on any atom is 0.246 e. The molecule has 1 aliphatic rings. The maximum atomic E-state index is 8.93. The fourth-order valence-corrected chi connectivity index (χ4v) is 2.86. The van der Waals surface area contributed by atoms with E-state index < -0.39 is 0 Å². The van der Waals surface area contributed by atoms with Gasteiger partial charge in [-0.25, -0.2) is 0 Å². The molecule has 0 bridgehead atoms. The van der Waals surface area contributed by atoms with E-state index in [1.807, 2.05) is 19.1 Å². The Hall–Kier alpha value is -2.43. The van der Waals surface area contributed by atoms with Crippen molar-refractivity contribution in [3.8, 4) is 11.8 Å². The number of nitrogens with zero attached hydrogens (tertiary/aromatic N) is 4. The third kappa shape index (κ3) is 3.72. The zero-order valence-electron chi connectivity index (χ0n) is 13.8. The van der Waals surface area contributed by atoms with Gasteiger partial charge in [-0.1, -0.05) is 11.2 Å². The molecule has 2 heterocycles. The van der Waals surface area contributed by atoms with Gasteiger partial charge >= 0.3 is 0 Å². The van der Waals surface area contributed by atoms with Gasteiger partial charge in [0.2, 0.25) is 5.89 Å². The van der Waals surface area contributed by atoms with Gasteiger partial charge in [0.05, 0.1) is 24.3 Å². The average molecular weight is 328 g/mol. The zero-order chi connectivity index (χ0) is 16.9. The van der Waals surface area contributed by atoms with E-state index >= 15 is 0 Å². The molecule has 0 saturated carbocycles. The van der Waals surface area contributed by atoms with Crippen molar-refractivity contribution in [3.05, 3.63) is 41.5 Å². The molecule has 2 aromatic rings. The Balaban J connectivity index is 1.63. The second kappa shape index (κ2) is 7.43. The Morgan fingerprint density at radius 2 is 2.33 bits per heavy atom. The van der Waals surface area contributed by atoms with Gasteiger partial charge in [0.1, 0.15) is 18.4 Å². The third-order valence-corrected chi connectivity index (χ3v) is 4.00. The molecule has 0 spiro atoms. The molecule has 0 amide bonds. The van der Waals surface area contributed by atoms with Crippen LogP contribution in [0.25, 0.3) is 0 Å². The lowest BCUT2D eigenvalue weighted by atomic mass is 10.1. The van der Waals surface area contributed by atoms with Crippen LogP contribution < -0.4 is 4.74 Å². The summed E-state index contributed by atoms with van der Waals surface area (Å²) in [6, 6.07) is 9.19. The highest BCUT2D eigenvalue weighted by atomic mass is 16.5. The van der Waals surface area contributed by atoms with E-state index in [4.69, 9.17) is 19.3 Å². The molecule has 1 aromatic heterocycles. The van der Waals surface area contributed by atoms with Crippen LogP contribution in [0.15, 0.2) is 28.8 Å². The molecule has 0 aliphatic carbocycles. The van der Waals surface area contributed by atoms with Gasteiger partial charge in [-0.05, 0) is 32.0 Å². The summed E-state index contributed by atoms with van der Waals surface area (Å²) in [6.07, 6.45) is -0.0273. The summed E-state index contributed by atoms with van der Waals surface area (Å²) in [7, 11) is 0. The van der Waals surface area contributed by atoms with Crippen LogP contribution in [0.3, 0.4) is 0 Å². The number of morpholine rings is 1. The van der Waals surface area contributed by atoms with E-state index in [0.717, 1.165) is 6.54 Å². The number of aromatic nitrogens is 2. The van der Waals surface area contributed by atoms with Gasteiger partial charge in [-0.3, -0.25) is 4.90 Å². The summed E-state index contributed by atoms with van der Waals surface area (Å²) in [6.45, 7) is 6.46. The van der Waals surface area contributed by atoms with E-state index in [0.29, 0.717) is 42.8 Å². The predicted molar refractivity (Wildman–Crippen MR) is 85.4 cm³/mol. The molecular formula is C17H20N4O3. The minimum atomic E-state index is -0.0750. The summed E-state index contributed by atoms with van der Waals surface area (Å²) < 4.78 is 16.8. The number of hydrogen-bond acceptors (Lipinski definition) is 7. The molecule has 7 nitrogen and oxygen atoms in total. The highest BCUT2D eigenvalue weighted by Crippen LogP contribution is 2.28.